The van der Waals surface area contributed by atoms with Crippen LogP contribution < -0.4 is 10.9 Å². The number of thiophene rings is 1. The third-order valence-corrected chi connectivity index (χ3v) is 8.02. The van der Waals surface area contributed by atoms with Gasteiger partial charge in [0, 0.05) is 40.7 Å². The van der Waals surface area contributed by atoms with Crippen LogP contribution in [-0.4, -0.2) is 51.8 Å². The lowest BCUT2D eigenvalue weighted by Gasteiger charge is -2.14. The van der Waals surface area contributed by atoms with Crippen molar-refractivity contribution in [3.05, 3.63) is 116 Å². The molecule has 0 aliphatic heterocycles. The first-order chi connectivity index (χ1) is 19.5. The molecule has 3 heterocycles. The van der Waals surface area contributed by atoms with Crippen LogP contribution in [0, 0.1) is 0 Å². The van der Waals surface area contributed by atoms with E-state index in [1.165, 1.54) is 15.8 Å². The second-order valence-electron chi connectivity index (χ2n) is 9.94. The highest BCUT2D eigenvalue weighted by molar-refractivity contribution is 7.11. The van der Waals surface area contributed by atoms with Crippen LogP contribution >= 0.6 is 11.3 Å². The Morgan fingerprint density at radius 1 is 1.00 bits per heavy atom. The Balaban J connectivity index is 1.03. The van der Waals surface area contributed by atoms with Crippen LogP contribution in [0.2, 0.25) is 0 Å². The fraction of sp³-hybridized carbons (Fsp3) is 0.290. The normalized spacial score (nSPS) is 12.4. The second kappa shape index (κ2) is 13.1. The number of benzene rings is 2. The maximum atomic E-state index is 11.6. The Bertz CT molecular complexity index is 1590. The van der Waals surface area contributed by atoms with Gasteiger partial charge in [-0.2, -0.15) is 0 Å². The van der Waals surface area contributed by atoms with Gasteiger partial charge in [-0.15, -0.1) is 11.3 Å². The van der Waals surface area contributed by atoms with Crippen molar-refractivity contribution in [1.29, 1.82) is 0 Å². The van der Waals surface area contributed by atoms with Gasteiger partial charge >= 0.3 is 0 Å². The Hall–Kier alpha value is -3.76. The van der Waals surface area contributed by atoms with Crippen molar-refractivity contribution in [2.45, 2.75) is 31.9 Å². The fourth-order valence-corrected chi connectivity index (χ4v) is 5.80. The minimum absolute atomic E-state index is 0.0920. The standard InChI is InChI=1S/C31H34N4O4S/c1-35(18-15-23-19-33-31(39-23)30(38)22-5-3-2-4-6-22)20-25-9-8-24(40-25)14-17-32-16-13-21-7-11-27(36)29-26(21)10-12-28(37)34-29/h2-12,19,30,32,36,38H,13-18,20H2,1H3,(H,34,37). The number of hydrogen-bond donors (Lipinski definition) is 4. The van der Waals surface area contributed by atoms with Crippen molar-refractivity contribution in [3.8, 4) is 5.75 Å². The molecule has 3 aromatic heterocycles. The average molecular weight is 559 g/mol. The number of likely N-dealkylation sites (N-methyl/N-ethyl adjacent to an activating group) is 1. The molecule has 0 radical (unpaired) electrons. The van der Waals surface area contributed by atoms with Crippen molar-refractivity contribution in [1.82, 2.24) is 20.2 Å². The molecule has 40 heavy (non-hydrogen) atoms. The molecule has 0 bridgehead atoms. The van der Waals surface area contributed by atoms with Crippen LogP contribution in [0.25, 0.3) is 10.9 Å². The third-order valence-electron chi connectivity index (χ3n) is 6.89. The van der Waals surface area contributed by atoms with Crippen LogP contribution in [-0.2, 0) is 25.8 Å². The molecule has 0 aliphatic carbocycles. The predicted molar refractivity (Wildman–Crippen MR) is 158 cm³/mol. The Morgan fingerprint density at radius 3 is 2.65 bits per heavy atom. The molecule has 208 valence electrons. The molecule has 0 saturated heterocycles. The van der Waals surface area contributed by atoms with Crippen molar-refractivity contribution in [2.75, 3.05) is 26.7 Å². The van der Waals surface area contributed by atoms with E-state index >= 15 is 0 Å². The van der Waals surface area contributed by atoms with E-state index in [1.807, 2.05) is 47.7 Å². The van der Waals surface area contributed by atoms with E-state index in [0.717, 1.165) is 67.7 Å². The second-order valence-corrected chi connectivity index (χ2v) is 11.2. The zero-order chi connectivity index (χ0) is 27.9. The van der Waals surface area contributed by atoms with Crippen LogP contribution in [0.3, 0.4) is 0 Å². The number of H-pyrrole nitrogens is 1. The number of aromatic nitrogens is 2. The molecular formula is C31H34N4O4S. The predicted octanol–water partition coefficient (Wildman–Crippen LogP) is 4.41. The number of pyridine rings is 1. The molecule has 8 nitrogen and oxygen atoms in total. The van der Waals surface area contributed by atoms with Gasteiger partial charge < -0.3 is 29.8 Å². The molecule has 2 aromatic carbocycles. The molecule has 0 aliphatic rings. The van der Waals surface area contributed by atoms with Crippen LogP contribution in [0.1, 0.15) is 38.6 Å². The van der Waals surface area contributed by atoms with Crippen LogP contribution in [0.4, 0.5) is 0 Å². The summed E-state index contributed by atoms with van der Waals surface area (Å²) in [4.78, 5) is 23.5. The highest BCUT2D eigenvalue weighted by atomic mass is 32.1. The van der Waals surface area contributed by atoms with Crippen molar-refractivity contribution >= 4 is 22.2 Å². The molecule has 4 N–H and O–H groups in total. The summed E-state index contributed by atoms with van der Waals surface area (Å²) in [6.07, 6.45) is 3.34. The van der Waals surface area contributed by atoms with Crippen molar-refractivity contribution in [2.24, 2.45) is 0 Å². The first-order valence-electron chi connectivity index (χ1n) is 13.4. The number of aromatic hydroxyl groups is 1. The molecule has 9 heteroatoms. The van der Waals surface area contributed by atoms with E-state index < -0.39 is 6.10 Å². The monoisotopic (exact) mass is 558 g/mol. The number of hydrogen-bond acceptors (Lipinski definition) is 8. The van der Waals surface area contributed by atoms with Crippen LogP contribution in [0.5, 0.6) is 5.75 Å². The van der Waals surface area contributed by atoms with E-state index in [0.29, 0.717) is 11.4 Å². The summed E-state index contributed by atoms with van der Waals surface area (Å²) in [6, 6.07) is 20.6. The number of aliphatic hydroxyl groups is 1. The van der Waals surface area contributed by atoms with Crippen LogP contribution in [0.15, 0.2) is 82.1 Å². The lowest BCUT2D eigenvalue weighted by Crippen LogP contribution is -2.20. The Kier molecular flexibility index (Phi) is 9.08. The summed E-state index contributed by atoms with van der Waals surface area (Å²) >= 11 is 1.84. The molecule has 0 fully saturated rings. The van der Waals surface area contributed by atoms with Gasteiger partial charge in [0.1, 0.15) is 11.5 Å². The molecule has 0 amide bonds. The topological polar surface area (TPSA) is 115 Å². The summed E-state index contributed by atoms with van der Waals surface area (Å²) < 4.78 is 5.81. The smallest absolute Gasteiger partial charge is 0.248 e. The van der Waals surface area contributed by atoms with Gasteiger partial charge in [-0.3, -0.25) is 4.79 Å². The van der Waals surface area contributed by atoms with Gasteiger partial charge in [-0.25, -0.2) is 4.98 Å². The van der Waals surface area contributed by atoms with Gasteiger partial charge in [-0.05, 0) is 68.4 Å². The summed E-state index contributed by atoms with van der Waals surface area (Å²) in [5.74, 6) is 1.19. The number of phenols is 1. The van der Waals surface area contributed by atoms with Gasteiger partial charge in [0.25, 0.3) is 0 Å². The SMILES string of the molecule is CN(CCc1cnc(C(O)c2ccccc2)o1)Cc1ccc(CCNCCc2ccc(O)c3[nH]c(=O)ccc23)s1. The third kappa shape index (κ3) is 7.05. The van der Waals surface area contributed by atoms with Crippen molar-refractivity contribution < 1.29 is 14.6 Å². The Labute approximate surface area is 237 Å². The number of oxazole rings is 1. The molecule has 5 aromatic rings. The molecule has 0 spiro atoms. The first kappa shape index (κ1) is 27.8. The lowest BCUT2D eigenvalue weighted by atomic mass is 10.0. The maximum absolute atomic E-state index is 11.6. The minimum Gasteiger partial charge on any atom is -0.506 e. The summed E-state index contributed by atoms with van der Waals surface area (Å²) in [5, 5.41) is 24.9. The molecule has 1 atom stereocenters. The largest absolute Gasteiger partial charge is 0.506 e. The summed E-state index contributed by atoms with van der Waals surface area (Å²) in [7, 11) is 2.10. The van der Waals surface area contributed by atoms with Gasteiger partial charge in [0.15, 0.2) is 6.10 Å². The van der Waals surface area contributed by atoms with Crippen molar-refractivity contribution in [3.63, 3.8) is 0 Å². The number of nitrogens with one attached hydrogen (secondary N) is 2. The Morgan fingerprint density at radius 2 is 1.80 bits per heavy atom. The quantitative estimate of drug-likeness (QED) is 0.158. The first-order valence-corrected chi connectivity index (χ1v) is 14.3. The van der Waals surface area contributed by atoms with Gasteiger partial charge in [0.2, 0.25) is 11.4 Å². The average Bonchev–Trinajstić information content (AvgIpc) is 3.63. The number of rotatable bonds is 13. The van der Waals surface area contributed by atoms with E-state index in [1.54, 1.807) is 18.3 Å². The zero-order valence-corrected chi connectivity index (χ0v) is 23.3. The molecule has 1 unspecified atom stereocenters. The fourth-order valence-electron chi connectivity index (χ4n) is 4.70. The summed E-state index contributed by atoms with van der Waals surface area (Å²) in [6.45, 7) is 3.38. The van der Waals surface area contributed by atoms with Gasteiger partial charge in [0.05, 0.1) is 11.7 Å². The zero-order valence-electron chi connectivity index (χ0n) is 22.5. The van der Waals surface area contributed by atoms with E-state index in [9.17, 15) is 15.0 Å². The summed E-state index contributed by atoms with van der Waals surface area (Å²) in [5.41, 5.74) is 2.13. The highest BCUT2D eigenvalue weighted by Gasteiger charge is 2.16. The molecular weight excluding hydrogens is 524 g/mol. The van der Waals surface area contributed by atoms with E-state index in [4.69, 9.17) is 4.42 Å². The number of phenolic OH excluding ortho intramolecular Hbond substituents is 1. The van der Waals surface area contributed by atoms with E-state index in [-0.39, 0.29) is 11.3 Å². The number of aromatic amines is 1. The highest BCUT2D eigenvalue weighted by Crippen LogP contribution is 2.25. The number of nitrogens with zero attached hydrogens (tertiary/aromatic N) is 2. The number of aliphatic hydroxyl groups excluding tert-OH is 1. The number of fused-ring (bicyclic) bond motifs is 1. The molecule has 5 rings (SSSR count). The molecule has 0 saturated carbocycles. The maximum Gasteiger partial charge on any atom is 0.248 e. The van der Waals surface area contributed by atoms with E-state index in [2.05, 4.69) is 39.4 Å². The van der Waals surface area contributed by atoms with Gasteiger partial charge in [-0.1, -0.05) is 36.4 Å². The lowest BCUT2D eigenvalue weighted by molar-refractivity contribution is 0.179. The minimum atomic E-state index is -0.855.